The van der Waals surface area contributed by atoms with Crippen LogP contribution in [0.15, 0.2) is 0 Å². The Hall–Kier alpha value is -0.0800. The highest BCUT2D eigenvalue weighted by molar-refractivity contribution is 4.86. The first-order valence-corrected chi connectivity index (χ1v) is 3.65. The third-order valence-electron chi connectivity index (χ3n) is 2.17. The van der Waals surface area contributed by atoms with E-state index in [2.05, 4.69) is 6.92 Å². The Morgan fingerprint density at radius 1 is 1.33 bits per heavy atom. The van der Waals surface area contributed by atoms with Crippen molar-refractivity contribution in [2.75, 3.05) is 0 Å². The van der Waals surface area contributed by atoms with E-state index in [-0.39, 0.29) is 5.54 Å². The Bertz CT molecular complexity index is 89.1. The first-order valence-electron chi connectivity index (χ1n) is 3.65. The second-order valence-corrected chi connectivity index (χ2v) is 3.49. The molecular weight excluding hydrogens is 112 g/mol. The van der Waals surface area contributed by atoms with E-state index in [1.165, 1.54) is 0 Å². The number of rotatable bonds is 0. The Morgan fingerprint density at radius 3 is 2.11 bits per heavy atom. The van der Waals surface area contributed by atoms with Gasteiger partial charge in [-0.2, -0.15) is 0 Å². The standard InChI is InChI=1S/C7H16N2/c1-7(9)4-2-6(8)3-5-7/h6H,2-5,8-9H2,1H3/t6-,7-. The first-order chi connectivity index (χ1) is 4.10. The van der Waals surface area contributed by atoms with E-state index >= 15 is 0 Å². The van der Waals surface area contributed by atoms with Crippen LogP contribution >= 0.6 is 0 Å². The molecule has 0 spiro atoms. The molecule has 0 amide bonds. The van der Waals surface area contributed by atoms with Crippen molar-refractivity contribution in [3.63, 3.8) is 0 Å². The largest absolute Gasteiger partial charge is 0.328 e. The molecule has 0 atom stereocenters. The van der Waals surface area contributed by atoms with Gasteiger partial charge in [0.15, 0.2) is 0 Å². The fourth-order valence-corrected chi connectivity index (χ4v) is 1.30. The Morgan fingerprint density at radius 2 is 1.78 bits per heavy atom. The van der Waals surface area contributed by atoms with E-state index < -0.39 is 0 Å². The van der Waals surface area contributed by atoms with Crippen LogP contribution in [0, 0.1) is 0 Å². The van der Waals surface area contributed by atoms with E-state index in [0.717, 1.165) is 25.7 Å². The number of hydrogen-bond acceptors (Lipinski definition) is 2. The summed E-state index contributed by atoms with van der Waals surface area (Å²) in [5.41, 5.74) is 11.7. The fourth-order valence-electron chi connectivity index (χ4n) is 1.30. The summed E-state index contributed by atoms with van der Waals surface area (Å²) in [5, 5.41) is 0. The summed E-state index contributed by atoms with van der Waals surface area (Å²) in [6.45, 7) is 2.11. The van der Waals surface area contributed by atoms with Gasteiger partial charge in [0, 0.05) is 11.6 Å². The topological polar surface area (TPSA) is 52.0 Å². The Balaban J connectivity index is 2.35. The Labute approximate surface area is 56.6 Å². The highest BCUT2D eigenvalue weighted by Gasteiger charge is 2.24. The van der Waals surface area contributed by atoms with Crippen molar-refractivity contribution in [3.05, 3.63) is 0 Å². The predicted octanol–water partition coefficient (Wildman–Crippen LogP) is 0.605. The highest BCUT2D eigenvalue weighted by atomic mass is 14.8. The van der Waals surface area contributed by atoms with Gasteiger partial charge in [-0.25, -0.2) is 0 Å². The van der Waals surface area contributed by atoms with E-state index in [1.807, 2.05) is 0 Å². The summed E-state index contributed by atoms with van der Waals surface area (Å²) in [6, 6.07) is 0.418. The van der Waals surface area contributed by atoms with Crippen LogP contribution < -0.4 is 11.5 Å². The molecule has 1 rings (SSSR count). The van der Waals surface area contributed by atoms with Crippen LogP contribution in [0.25, 0.3) is 0 Å². The minimum atomic E-state index is 0.0792. The maximum Gasteiger partial charge on any atom is 0.0127 e. The molecule has 0 bridgehead atoms. The van der Waals surface area contributed by atoms with Crippen molar-refractivity contribution in [1.29, 1.82) is 0 Å². The molecule has 0 aromatic rings. The molecule has 0 unspecified atom stereocenters. The molecule has 1 fully saturated rings. The van der Waals surface area contributed by atoms with Gasteiger partial charge in [-0.1, -0.05) is 0 Å². The summed E-state index contributed by atoms with van der Waals surface area (Å²) in [6.07, 6.45) is 4.39. The van der Waals surface area contributed by atoms with Crippen molar-refractivity contribution in [1.82, 2.24) is 0 Å². The second-order valence-electron chi connectivity index (χ2n) is 3.49. The quantitative estimate of drug-likeness (QED) is 0.502. The third kappa shape index (κ3) is 1.95. The normalized spacial score (nSPS) is 45.0. The Kier molecular flexibility index (Phi) is 1.78. The van der Waals surface area contributed by atoms with Gasteiger partial charge in [0.05, 0.1) is 0 Å². The lowest BCUT2D eigenvalue weighted by molar-refractivity contribution is 0.296. The van der Waals surface area contributed by atoms with Crippen LogP contribution in [-0.2, 0) is 0 Å². The second kappa shape index (κ2) is 2.27. The summed E-state index contributed by atoms with van der Waals surface area (Å²) in [4.78, 5) is 0. The molecule has 0 radical (unpaired) electrons. The number of nitrogens with two attached hydrogens (primary N) is 2. The van der Waals surface area contributed by atoms with Gasteiger partial charge >= 0.3 is 0 Å². The zero-order chi connectivity index (χ0) is 6.91. The molecule has 1 aliphatic carbocycles. The van der Waals surface area contributed by atoms with Gasteiger partial charge in [-0.3, -0.25) is 0 Å². The molecule has 0 heterocycles. The molecule has 0 aromatic heterocycles. The molecular formula is C7H16N2. The van der Waals surface area contributed by atoms with Crippen molar-refractivity contribution >= 4 is 0 Å². The lowest BCUT2D eigenvalue weighted by Gasteiger charge is -2.32. The molecule has 9 heavy (non-hydrogen) atoms. The maximum atomic E-state index is 5.88. The van der Waals surface area contributed by atoms with Crippen LogP contribution in [0.1, 0.15) is 32.6 Å². The van der Waals surface area contributed by atoms with Crippen LogP contribution in [0.4, 0.5) is 0 Å². The van der Waals surface area contributed by atoms with Gasteiger partial charge in [0.2, 0.25) is 0 Å². The zero-order valence-corrected chi connectivity index (χ0v) is 6.06. The smallest absolute Gasteiger partial charge is 0.0127 e. The minimum absolute atomic E-state index is 0.0792. The van der Waals surface area contributed by atoms with Gasteiger partial charge < -0.3 is 11.5 Å². The van der Waals surface area contributed by atoms with E-state index in [1.54, 1.807) is 0 Å². The molecule has 2 nitrogen and oxygen atoms in total. The molecule has 4 N–H and O–H groups in total. The average molecular weight is 128 g/mol. The van der Waals surface area contributed by atoms with E-state index in [9.17, 15) is 0 Å². The van der Waals surface area contributed by atoms with Crippen molar-refractivity contribution in [3.8, 4) is 0 Å². The molecule has 2 heteroatoms. The monoisotopic (exact) mass is 128 g/mol. The third-order valence-corrected chi connectivity index (χ3v) is 2.17. The van der Waals surface area contributed by atoms with Crippen molar-refractivity contribution in [2.45, 2.75) is 44.2 Å². The van der Waals surface area contributed by atoms with Crippen LogP contribution in [0.5, 0.6) is 0 Å². The summed E-state index contributed by atoms with van der Waals surface area (Å²) < 4.78 is 0. The highest BCUT2D eigenvalue weighted by Crippen LogP contribution is 2.23. The van der Waals surface area contributed by atoms with Gasteiger partial charge in [-0.15, -0.1) is 0 Å². The molecule has 1 saturated carbocycles. The van der Waals surface area contributed by atoms with Gasteiger partial charge in [0.1, 0.15) is 0 Å². The summed E-state index contributed by atoms with van der Waals surface area (Å²) >= 11 is 0. The van der Waals surface area contributed by atoms with Crippen molar-refractivity contribution < 1.29 is 0 Å². The average Bonchev–Trinajstić information content (AvgIpc) is 1.78. The number of hydrogen-bond donors (Lipinski definition) is 2. The lowest BCUT2D eigenvalue weighted by atomic mass is 9.82. The summed E-state index contributed by atoms with van der Waals surface area (Å²) in [7, 11) is 0. The SMILES string of the molecule is C[C@]1(N)CC[C@H](N)CC1. The molecule has 54 valence electrons. The van der Waals surface area contributed by atoms with E-state index in [0.29, 0.717) is 6.04 Å². The fraction of sp³-hybridized carbons (Fsp3) is 1.00. The maximum absolute atomic E-state index is 5.88. The molecule has 0 aliphatic heterocycles. The minimum Gasteiger partial charge on any atom is -0.328 e. The zero-order valence-electron chi connectivity index (χ0n) is 6.06. The molecule has 0 aromatic carbocycles. The van der Waals surface area contributed by atoms with Crippen LogP contribution in [0.2, 0.25) is 0 Å². The first kappa shape index (κ1) is 7.03. The molecule has 1 aliphatic rings. The van der Waals surface area contributed by atoms with Crippen LogP contribution in [0.3, 0.4) is 0 Å². The summed E-state index contributed by atoms with van der Waals surface area (Å²) in [5.74, 6) is 0. The van der Waals surface area contributed by atoms with Crippen molar-refractivity contribution in [2.24, 2.45) is 11.5 Å². The van der Waals surface area contributed by atoms with Crippen LogP contribution in [-0.4, -0.2) is 11.6 Å². The van der Waals surface area contributed by atoms with E-state index in [4.69, 9.17) is 11.5 Å². The predicted molar refractivity (Wildman–Crippen MR) is 39.0 cm³/mol. The van der Waals surface area contributed by atoms with Gasteiger partial charge in [-0.05, 0) is 32.6 Å². The van der Waals surface area contributed by atoms with Gasteiger partial charge in [0.25, 0.3) is 0 Å². The lowest BCUT2D eigenvalue weighted by Crippen LogP contribution is -2.43. The molecule has 0 saturated heterocycles.